The highest BCUT2D eigenvalue weighted by molar-refractivity contribution is 6.20. The van der Waals surface area contributed by atoms with Gasteiger partial charge in [0.05, 0.1) is 7.11 Å². The van der Waals surface area contributed by atoms with Crippen molar-refractivity contribution in [3.63, 3.8) is 0 Å². The van der Waals surface area contributed by atoms with Crippen LogP contribution in [0.3, 0.4) is 0 Å². The molecule has 0 aliphatic heterocycles. The number of hydrogen-bond acceptors (Lipinski definition) is 2. The van der Waals surface area contributed by atoms with Crippen LogP contribution in [0.15, 0.2) is 24.3 Å². The van der Waals surface area contributed by atoms with Crippen LogP contribution in [0.2, 0.25) is 0 Å². The van der Waals surface area contributed by atoms with Crippen molar-refractivity contribution in [1.82, 2.24) is 4.90 Å². The zero-order valence-electron chi connectivity index (χ0n) is 9.74. The topological polar surface area (TPSA) is 29.5 Å². The lowest BCUT2D eigenvalue weighted by Gasteiger charge is -2.18. The molecule has 0 N–H and O–H groups in total. The Hall–Kier alpha value is -1.22. The van der Waals surface area contributed by atoms with E-state index in [1.54, 1.807) is 43.3 Å². The number of carbonyl (C=O) groups is 1. The molecule has 4 heteroatoms. The molecule has 1 aromatic carbocycles. The van der Waals surface area contributed by atoms with E-state index in [4.69, 9.17) is 16.3 Å². The Morgan fingerprint density at radius 1 is 1.44 bits per heavy atom. The SMILES string of the molecule is COc1ccc(C(=O)N(C)CC(C)Cl)cc1. The maximum Gasteiger partial charge on any atom is 0.253 e. The van der Waals surface area contributed by atoms with Crippen molar-refractivity contribution in [2.45, 2.75) is 12.3 Å². The molecule has 0 heterocycles. The van der Waals surface area contributed by atoms with Crippen molar-refractivity contribution in [2.24, 2.45) is 0 Å². The van der Waals surface area contributed by atoms with Gasteiger partial charge < -0.3 is 9.64 Å². The normalized spacial score (nSPS) is 12.0. The van der Waals surface area contributed by atoms with Gasteiger partial charge in [-0.25, -0.2) is 0 Å². The molecule has 1 unspecified atom stereocenters. The molecule has 16 heavy (non-hydrogen) atoms. The van der Waals surface area contributed by atoms with Crippen molar-refractivity contribution in [3.8, 4) is 5.75 Å². The summed E-state index contributed by atoms with van der Waals surface area (Å²) in [5, 5.41) is -0.0489. The highest BCUT2D eigenvalue weighted by Gasteiger charge is 2.13. The highest BCUT2D eigenvalue weighted by atomic mass is 35.5. The van der Waals surface area contributed by atoms with Crippen LogP contribution in [0.4, 0.5) is 0 Å². The summed E-state index contributed by atoms with van der Waals surface area (Å²) in [7, 11) is 3.34. The molecule has 0 saturated carbocycles. The van der Waals surface area contributed by atoms with Gasteiger partial charge >= 0.3 is 0 Å². The summed E-state index contributed by atoms with van der Waals surface area (Å²) in [4.78, 5) is 13.5. The molecule has 0 saturated heterocycles. The molecule has 1 atom stereocenters. The summed E-state index contributed by atoms with van der Waals surface area (Å²) in [6.45, 7) is 2.39. The second-order valence-electron chi connectivity index (χ2n) is 3.69. The zero-order chi connectivity index (χ0) is 12.1. The summed E-state index contributed by atoms with van der Waals surface area (Å²) in [6.07, 6.45) is 0. The second kappa shape index (κ2) is 5.75. The van der Waals surface area contributed by atoms with E-state index < -0.39 is 0 Å². The first-order chi connectivity index (χ1) is 7.54. The standard InChI is InChI=1S/C12H16ClNO2/c1-9(13)8-14(2)12(15)10-4-6-11(16-3)7-5-10/h4-7,9H,8H2,1-3H3. The maximum atomic E-state index is 11.9. The van der Waals surface area contributed by atoms with Crippen molar-refractivity contribution < 1.29 is 9.53 Å². The van der Waals surface area contributed by atoms with Gasteiger partial charge in [0.2, 0.25) is 0 Å². The van der Waals surface area contributed by atoms with Gasteiger partial charge in [-0.3, -0.25) is 4.79 Å². The van der Waals surface area contributed by atoms with Crippen molar-refractivity contribution in [3.05, 3.63) is 29.8 Å². The van der Waals surface area contributed by atoms with E-state index in [0.717, 1.165) is 5.75 Å². The van der Waals surface area contributed by atoms with E-state index in [1.807, 2.05) is 6.92 Å². The Bertz CT molecular complexity index is 349. The molecule has 0 aromatic heterocycles. The maximum absolute atomic E-state index is 11.9. The van der Waals surface area contributed by atoms with E-state index in [0.29, 0.717) is 12.1 Å². The fraction of sp³-hybridized carbons (Fsp3) is 0.417. The van der Waals surface area contributed by atoms with Crippen LogP contribution in [-0.2, 0) is 0 Å². The number of ether oxygens (including phenoxy) is 1. The van der Waals surface area contributed by atoms with Crippen molar-refractivity contribution in [2.75, 3.05) is 20.7 Å². The molecule has 1 rings (SSSR count). The monoisotopic (exact) mass is 241 g/mol. The van der Waals surface area contributed by atoms with Crippen LogP contribution in [0.25, 0.3) is 0 Å². The third-order valence-electron chi connectivity index (χ3n) is 2.21. The Labute approximate surface area is 101 Å². The Balaban J connectivity index is 2.72. The molecule has 0 radical (unpaired) electrons. The lowest BCUT2D eigenvalue weighted by molar-refractivity contribution is 0.0796. The number of amides is 1. The van der Waals surface area contributed by atoms with Gasteiger partial charge in [-0.15, -0.1) is 11.6 Å². The Morgan fingerprint density at radius 3 is 2.44 bits per heavy atom. The van der Waals surface area contributed by atoms with Gasteiger partial charge in [0, 0.05) is 24.5 Å². The number of benzene rings is 1. The summed E-state index contributed by atoms with van der Waals surface area (Å²) >= 11 is 5.84. The molecule has 0 spiro atoms. The third kappa shape index (κ3) is 3.42. The average Bonchev–Trinajstić information content (AvgIpc) is 2.27. The zero-order valence-corrected chi connectivity index (χ0v) is 10.5. The molecule has 0 aliphatic rings. The quantitative estimate of drug-likeness (QED) is 0.758. The lowest BCUT2D eigenvalue weighted by Crippen LogP contribution is -2.31. The van der Waals surface area contributed by atoms with Crippen LogP contribution in [0, 0.1) is 0 Å². The fourth-order valence-corrected chi connectivity index (χ4v) is 1.62. The molecule has 0 aliphatic carbocycles. The highest BCUT2D eigenvalue weighted by Crippen LogP contribution is 2.13. The molecule has 0 bridgehead atoms. The van der Waals surface area contributed by atoms with Crippen LogP contribution in [0.5, 0.6) is 5.75 Å². The van der Waals surface area contributed by atoms with Gasteiger partial charge in [0.25, 0.3) is 5.91 Å². The van der Waals surface area contributed by atoms with E-state index in [-0.39, 0.29) is 11.3 Å². The third-order valence-corrected chi connectivity index (χ3v) is 2.35. The molecule has 1 aromatic rings. The number of halogens is 1. The van der Waals surface area contributed by atoms with E-state index >= 15 is 0 Å². The predicted octanol–water partition coefficient (Wildman–Crippen LogP) is 2.39. The number of methoxy groups -OCH3 is 1. The summed E-state index contributed by atoms with van der Waals surface area (Å²) in [6, 6.07) is 7.03. The molecular weight excluding hydrogens is 226 g/mol. The Morgan fingerprint density at radius 2 is 2.00 bits per heavy atom. The number of alkyl halides is 1. The van der Waals surface area contributed by atoms with Gasteiger partial charge in [0.15, 0.2) is 0 Å². The minimum atomic E-state index is -0.0489. The van der Waals surface area contributed by atoms with Crippen LogP contribution in [0.1, 0.15) is 17.3 Å². The van der Waals surface area contributed by atoms with Crippen molar-refractivity contribution >= 4 is 17.5 Å². The number of rotatable bonds is 4. The van der Waals surface area contributed by atoms with Crippen LogP contribution < -0.4 is 4.74 Å². The first-order valence-electron chi connectivity index (χ1n) is 5.08. The van der Waals surface area contributed by atoms with Crippen LogP contribution in [-0.4, -0.2) is 36.9 Å². The number of carbonyl (C=O) groups excluding carboxylic acids is 1. The van der Waals surface area contributed by atoms with Crippen LogP contribution >= 0.6 is 11.6 Å². The van der Waals surface area contributed by atoms with Crippen molar-refractivity contribution in [1.29, 1.82) is 0 Å². The van der Waals surface area contributed by atoms with E-state index in [9.17, 15) is 4.79 Å². The smallest absolute Gasteiger partial charge is 0.253 e. The first kappa shape index (κ1) is 12.8. The molecular formula is C12H16ClNO2. The fourth-order valence-electron chi connectivity index (χ4n) is 1.41. The van der Waals surface area contributed by atoms with Gasteiger partial charge in [-0.05, 0) is 31.2 Å². The minimum absolute atomic E-state index is 0.0323. The summed E-state index contributed by atoms with van der Waals surface area (Å²) < 4.78 is 5.03. The molecule has 0 fully saturated rings. The van der Waals surface area contributed by atoms with Gasteiger partial charge in [-0.1, -0.05) is 0 Å². The second-order valence-corrected chi connectivity index (χ2v) is 4.44. The number of hydrogen-bond donors (Lipinski definition) is 0. The lowest BCUT2D eigenvalue weighted by atomic mass is 10.2. The minimum Gasteiger partial charge on any atom is -0.497 e. The Kier molecular flexibility index (Phi) is 4.62. The predicted molar refractivity (Wildman–Crippen MR) is 65.3 cm³/mol. The molecule has 3 nitrogen and oxygen atoms in total. The molecule has 1 amide bonds. The van der Waals surface area contributed by atoms with E-state index in [2.05, 4.69) is 0 Å². The van der Waals surface area contributed by atoms with E-state index in [1.165, 1.54) is 0 Å². The van der Waals surface area contributed by atoms with Gasteiger partial charge in [-0.2, -0.15) is 0 Å². The average molecular weight is 242 g/mol. The van der Waals surface area contributed by atoms with Gasteiger partial charge in [0.1, 0.15) is 5.75 Å². The summed E-state index contributed by atoms with van der Waals surface area (Å²) in [5.41, 5.74) is 0.639. The largest absolute Gasteiger partial charge is 0.497 e. The first-order valence-corrected chi connectivity index (χ1v) is 5.52. The number of nitrogens with zero attached hydrogens (tertiary/aromatic N) is 1. The molecule has 88 valence electrons. The summed E-state index contributed by atoms with van der Waals surface area (Å²) in [5.74, 6) is 0.708.